The summed E-state index contributed by atoms with van der Waals surface area (Å²) in [5.41, 5.74) is 1.89. The van der Waals surface area contributed by atoms with Crippen LogP contribution < -0.4 is 19.3 Å². The number of carbonyl (C=O) groups is 2. The van der Waals surface area contributed by atoms with E-state index < -0.39 is 5.91 Å². The Morgan fingerprint density at radius 2 is 1.67 bits per heavy atom. The highest BCUT2D eigenvalue weighted by Crippen LogP contribution is 2.41. The minimum Gasteiger partial charge on any atom is -0.497 e. The summed E-state index contributed by atoms with van der Waals surface area (Å²) in [6, 6.07) is 18.2. The summed E-state index contributed by atoms with van der Waals surface area (Å²) in [5.74, 6) is 0.162. The van der Waals surface area contributed by atoms with E-state index in [4.69, 9.17) is 9.47 Å². The number of thiophene rings is 1. The molecule has 0 aliphatic carbocycles. The zero-order valence-corrected chi connectivity index (χ0v) is 17.6. The van der Waals surface area contributed by atoms with Crippen LogP contribution in [-0.4, -0.2) is 33.1 Å². The average molecular weight is 420 g/mol. The van der Waals surface area contributed by atoms with Crippen molar-refractivity contribution in [3.63, 3.8) is 0 Å². The molecule has 4 rings (SSSR count). The summed E-state index contributed by atoms with van der Waals surface area (Å²) in [5, 5.41) is 1.89. The molecule has 0 unspecified atom stereocenters. The largest absolute Gasteiger partial charge is 0.497 e. The van der Waals surface area contributed by atoms with E-state index in [0.29, 0.717) is 28.5 Å². The van der Waals surface area contributed by atoms with E-state index in [1.807, 2.05) is 47.8 Å². The van der Waals surface area contributed by atoms with Crippen molar-refractivity contribution in [1.82, 2.24) is 0 Å². The highest BCUT2D eigenvalue weighted by Gasteiger charge is 2.43. The third-order valence-electron chi connectivity index (χ3n) is 4.93. The number of likely N-dealkylation sites (N-methyl/N-ethyl adjacent to an activating group) is 1. The van der Waals surface area contributed by atoms with Gasteiger partial charge in [-0.3, -0.25) is 9.59 Å². The first-order chi connectivity index (χ1) is 14.6. The van der Waals surface area contributed by atoms with Gasteiger partial charge >= 0.3 is 0 Å². The normalized spacial score (nSPS) is 13.8. The van der Waals surface area contributed by atoms with E-state index in [2.05, 4.69) is 0 Å². The number of ether oxygens (including phenoxy) is 2. The SMILES string of the molecule is COc1ccc(N2C(=O)C(c3cccs3)=C(N(C)c3ccccc3)C2=O)c(OC)c1. The van der Waals surface area contributed by atoms with E-state index in [9.17, 15) is 9.59 Å². The standard InChI is InChI=1S/C23H20N2O4S/c1-24(15-8-5-4-6-9-15)21-20(19-10-7-13-30-19)22(26)25(23(21)27)17-12-11-16(28-2)14-18(17)29-3/h4-14H,1-3H3. The number of rotatable bonds is 6. The highest BCUT2D eigenvalue weighted by atomic mass is 32.1. The quantitative estimate of drug-likeness (QED) is 0.560. The maximum atomic E-state index is 13.6. The van der Waals surface area contributed by atoms with Gasteiger partial charge in [0.25, 0.3) is 11.8 Å². The predicted octanol–water partition coefficient (Wildman–Crippen LogP) is 4.19. The van der Waals surface area contributed by atoms with E-state index in [0.717, 1.165) is 10.6 Å². The molecule has 1 aliphatic rings. The number of hydrogen-bond acceptors (Lipinski definition) is 6. The topological polar surface area (TPSA) is 59.1 Å². The molecule has 2 heterocycles. The Hall–Kier alpha value is -3.58. The van der Waals surface area contributed by atoms with Gasteiger partial charge in [0.15, 0.2) is 0 Å². The van der Waals surface area contributed by atoms with Gasteiger partial charge in [0.05, 0.1) is 25.5 Å². The first-order valence-electron chi connectivity index (χ1n) is 9.24. The number of imide groups is 1. The van der Waals surface area contributed by atoms with Crippen molar-refractivity contribution >= 4 is 40.1 Å². The number of amides is 2. The first-order valence-corrected chi connectivity index (χ1v) is 10.1. The Morgan fingerprint density at radius 3 is 2.30 bits per heavy atom. The van der Waals surface area contributed by atoms with Gasteiger partial charge in [-0.2, -0.15) is 0 Å². The zero-order valence-electron chi connectivity index (χ0n) is 16.8. The Morgan fingerprint density at radius 1 is 0.900 bits per heavy atom. The fourth-order valence-corrected chi connectivity index (χ4v) is 4.20. The van der Waals surface area contributed by atoms with Crippen LogP contribution in [-0.2, 0) is 9.59 Å². The average Bonchev–Trinajstić information content (AvgIpc) is 3.39. The van der Waals surface area contributed by atoms with Crippen molar-refractivity contribution in [3.8, 4) is 11.5 Å². The lowest BCUT2D eigenvalue weighted by atomic mass is 10.1. The van der Waals surface area contributed by atoms with Crippen LogP contribution in [0.25, 0.3) is 5.57 Å². The van der Waals surface area contributed by atoms with Gasteiger partial charge in [0.1, 0.15) is 17.2 Å². The molecular formula is C23H20N2O4S. The lowest BCUT2D eigenvalue weighted by molar-refractivity contribution is -0.120. The molecule has 0 N–H and O–H groups in total. The molecule has 1 aliphatic heterocycles. The summed E-state index contributed by atoms with van der Waals surface area (Å²) in [7, 11) is 4.83. The highest BCUT2D eigenvalue weighted by molar-refractivity contribution is 7.11. The van der Waals surface area contributed by atoms with Crippen molar-refractivity contribution in [3.05, 3.63) is 76.6 Å². The van der Waals surface area contributed by atoms with Gasteiger partial charge in [-0.1, -0.05) is 24.3 Å². The number of benzene rings is 2. The number of para-hydroxylation sites is 1. The number of hydrogen-bond donors (Lipinski definition) is 0. The van der Waals surface area contributed by atoms with Gasteiger partial charge in [-0.05, 0) is 35.7 Å². The van der Waals surface area contributed by atoms with Crippen LogP contribution in [0, 0.1) is 0 Å². The minimum absolute atomic E-state index is 0.325. The predicted molar refractivity (Wildman–Crippen MR) is 118 cm³/mol. The van der Waals surface area contributed by atoms with Crippen LogP contribution in [0.3, 0.4) is 0 Å². The Balaban J connectivity index is 1.86. The second-order valence-corrected chi connectivity index (χ2v) is 7.53. The molecule has 0 saturated carbocycles. The lowest BCUT2D eigenvalue weighted by Gasteiger charge is -2.22. The molecule has 1 aromatic heterocycles. The molecule has 0 saturated heterocycles. The molecule has 0 bridgehead atoms. The van der Waals surface area contributed by atoms with Crippen molar-refractivity contribution in [2.75, 3.05) is 31.1 Å². The van der Waals surface area contributed by atoms with Crippen LogP contribution in [0.1, 0.15) is 4.88 Å². The minimum atomic E-state index is -0.404. The molecule has 30 heavy (non-hydrogen) atoms. The second-order valence-electron chi connectivity index (χ2n) is 6.58. The Kier molecular flexibility index (Phi) is 5.29. The second kappa shape index (κ2) is 8.04. The van der Waals surface area contributed by atoms with E-state index >= 15 is 0 Å². The van der Waals surface area contributed by atoms with E-state index in [1.165, 1.54) is 23.3 Å². The maximum absolute atomic E-state index is 13.6. The molecule has 0 spiro atoms. The Bertz CT molecular complexity index is 1120. The summed E-state index contributed by atoms with van der Waals surface area (Å²) >= 11 is 1.42. The summed E-state index contributed by atoms with van der Waals surface area (Å²) in [6.45, 7) is 0. The fourth-order valence-electron chi connectivity index (χ4n) is 3.44. The van der Waals surface area contributed by atoms with Gasteiger partial charge in [0, 0.05) is 23.7 Å². The van der Waals surface area contributed by atoms with Crippen LogP contribution in [0.2, 0.25) is 0 Å². The smallest absolute Gasteiger partial charge is 0.282 e. The van der Waals surface area contributed by atoms with Gasteiger partial charge in [-0.15, -0.1) is 11.3 Å². The molecule has 2 aromatic carbocycles. The van der Waals surface area contributed by atoms with E-state index in [-0.39, 0.29) is 5.91 Å². The van der Waals surface area contributed by atoms with Gasteiger partial charge in [-0.25, -0.2) is 4.90 Å². The van der Waals surface area contributed by atoms with Gasteiger partial charge in [0.2, 0.25) is 0 Å². The monoisotopic (exact) mass is 420 g/mol. The third kappa shape index (κ3) is 3.23. The summed E-state index contributed by atoms with van der Waals surface area (Å²) in [6.07, 6.45) is 0. The number of carbonyl (C=O) groups excluding carboxylic acids is 2. The molecule has 7 heteroatoms. The fraction of sp³-hybridized carbons (Fsp3) is 0.130. The van der Waals surface area contributed by atoms with Crippen molar-refractivity contribution < 1.29 is 19.1 Å². The molecule has 0 radical (unpaired) electrons. The molecular weight excluding hydrogens is 400 g/mol. The number of anilines is 2. The maximum Gasteiger partial charge on any atom is 0.282 e. The van der Waals surface area contributed by atoms with Crippen LogP contribution >= 0.6 is 11.3 Å². The molecule has 3 aromatic rings. The molecule has 0 atom stereocenters. The van der Waals surface area contributed by atoms with Crippen molar-refractivity contribution in [1.29, 1.82) is 0 Å². The van der Waals surface area contributed by atoms with Crippen LogP contribution in [0.4, 0.5) is 11.4 Å². The van der Waals surface area contributed by atoms with Gasteiger partial charge < -0.3 is 14.4 Å². The van der Waals surface area contributed by atoms with Crippen molar-refractivity contribution in [2.24, 2.45) is 0 Å². The van der Waals surface area contributed by atoms with Crippen LogP contribution in [0.5, 0.6) is 11.5 Å². The number of nitrogens with zero attached hydrogens (tertiary/aromatic N) is 2. The summed E-state index contributed by atoms with van der Waals surface area (Å²) in [4.78, 5) is 30.8. The molecule has 6 nitrogen and oxygen atoms in total. The van der Waals surface area contributed by atoms with Crippen LogP contribution in [0.15, 0.2) is 71.7 Å². The third-order valence-corrected chi connectivity index (χ3v) is 5.82. The summed E-state index contributed by atoms with van der Waals surface area (Å²) < 4.78 is 10.7. The van der Waals surface area contributed by atoms with E-state index in [1.54, 1.807) is 37.3 Å². The molecule has 2 amide bonds. The Labute approximate surface area is 178 Å². The zero-order chi connectivity index (χ0) is 21.3. The first kappa shape index (κ1) is 19.7. The lowest BCUT2D eigenvalue weighted by Crippen LogP contribution is -2.34. The van der Waals surface area contributed by atoms with Crippen molar-refractivity contribution in [2.45, 2.75) is 0 Å². The molecule has 152 valence electrons. The number of methoxy groups -OCH3 is 2. The molecule has 0 fully saturated rings.